The van der Waals surface area contributed by atoms with Gasteiger partial charge in [-0.1, -0.05) is 29.8 Å². The van der Waals surface area contributed by atoms with Crippen molar-refractivity contribution in [3.63, 3.8) is 0 Å². The predicted octanol–water partition coefficient (Wildman–Crippen LogP) is 3.97. The number of benzene rings is 1. The number of hydrogen-bond donors (Lipinski definition) is 3. The number of carbonyl (C=O) groups excluding carboxylic acids is 1. The third kappa shape index (κ3) is 4.56. The van der Waals surface area contributed by atoms with Crippen molar-refractivity contribution >= 4 is 22.6 Å². The number of nitrogens with zero attached hydrogens (tertiary/aromatic N) is 3. The molecule has 2 aromatic heterocycles. The average Bonchev–Trinajstić information content (AvgIpc) is 3.18. The average molecular weight is 422 g/mol. The zero-order valence-electron chi connectivity index (χ0n) is 18.4. The summed E-state index contributed by atoms with van der Waals surface area (Å²) in [5.41, 5.74) is 4.24. The van der Waals surface area contributed by atoms with Gasteiger partial charge in [0.15, 0.2) is 5.65 Å². The molecule has 1 aliphatic rings. The number of amides is 1. The van der Waals surface area contributed by atoms with Gasteiger partial charge in [-0.15, -0.1) is 0 Å². The van der Waals surface area contributed by atoms with E-state index >= 15 is 0 Å². The monoisotopic (exact) mass is 421 g/mol. The van der Waals surface area contributed by atoms with E-state index in [1.54, 1.807) is 12.4 Å². The summed E-state index contributed by atoms with van der Waals surface area (Å²) in [6.07, 6.45) is 6.53. The molecule has 7 heteroatoms. The maximum Gasteiger partial charge on any atom is 0.255 e. The predicted molar refractivity (Wildman–Crippen MR) is 122 cm³/mol. The SMILES string of the molecule is CCn1ncc2c(N[C@H]3CCC[C@H](O)C3)c(C(=O)N[C@H](C)c3ccc(C)cc3)cnc21. The Kier molecular flexibility index (Phi) is 6.23. The standard InChI is InChI=1S/C24H31N5O2/c1-4-29-23-20(14-26-29)22(28-18-6-5-7-19(30)12-18)21(13-25-23)24(31)27-16(3)17-10-8-15(2)9-11-17/h8-11,13-14,16,18-19,30H,4-7,12H2,1-3H3,(H,25,28)(H,27,31)/t16-,18+,19+/m1/s1. The lowest BCUT2D eigenvalue weighted by molar-refractivity contribution is 0.0940. The van der Waals surface area contributed by atoms with Crippen LogP contribution in [-0.4, -0.2) is 37.9 Å². The zero-order valence-corrected chi connectivity index (χ0v) is 18.4. The molecule has 0 bridgehead atoms. The number of nitrogens with one attached hydrogen (secondary N) is 2. The van der Waals surface area contributed by atoms with Crippen molar-refractivity contribution in [2.45, 2.75) is 71.2 Å². The molecule has 3 N–H and O–H groups in total. The molecule has 1 aliphatic carbocycles. The number of rotatable bonds is 6. The molecule has 164 valence electrons. The van der Waals surface area contributed by atoms with Crippen molar-refractivity contribution in [2.75, 3.05) is 5.32 Å². The van der Waals surface area contributed by atoms with Gasteiger partial charge >= 0.3 is 0 Å². The number of aliphatic hydroxyl groups excluding tert-OH is 1. The smallest absolute Gasteiger partial charge is 0.255 e. The molecule has 1 amide bonds. The van der Waals surface area contributed by atoms with Crippen LogP contribution >= 0.6 is 0 Å². The summed E-state index contributed by atoms with van der Waals surface area (Å²) in [6.45, 7) is 6.75. The third-order valence-corrected chi connectivity index (χ3v) is 6.13. The molecule has 0 spiro atoms. The summed E-state index contributed by atoms with van der Waals surface area (Å²) in [5, 5.41) is 22.0. The van der Waals surface area contributed by atoms with E-state index in [1.807, 2.05) is 49.7 Å². The van der Waals surface area contributed by atoms with Gasteiger partial charge in [-0.2, -0.15) is 5.10 Å². The fourth-order valence-electron chi connectivity index (χ4n) is 4.30. The molecule has 31 heavy (non-hydrogen) atoms. The number of fused-ring (bicyclic) bond motifs is 1. The van der Waals surface area contributed by atoms with Crippen LogP contribution in [0.2, 0.25) is 0 Å². The van der Waals surface area contributed by atoms with E-state index in [2.05, 4.69) is 20.7 Å². The minimum atomic E-state index is -0.305. The second kappa shape index (κ2) is 9.06. The second-order valence-electron chi connectivity index (χ2n) is 8.51. The van der Waals surface area contributed by atoms with Crippen LogP contribution in [0.1, 0.15) is 67.1 Å². The number of aliphatic hydroxyl groups is 1. The highest BCUT2D eigenvalue weighted by atomic mass is 16.3. The van der Waals surface area contributed by atoms with Crippen LogP contribution < -0.4 is 10.6 Å². The van der Waals surface area contributed by atoms with Gasteiger partial charge in [0.25, 0.3) is 5.91 Å². The molecule has 1 fully saturated rings. The largest absolute Gasteiger partial charge is 0.393 e. The molecule has 2 heterocycles. The van der Waals surface area contributed by atoms with Crippen molar-refractivity contribution in [3.8, 4) is 0 Å². The highest BCUT2D eigenvalue weighted by Gasteiger charge is 2.25. The minimum absolute atomic E-state index is 0.111. The Bertz CT molecular complexity index is 1060. The van der Waals surface area contributed by atoms with Gasteiger partial charge in [0.1, 0.15) is 0 Å². The van der Waals surface area contributed by atoms with Crippen LogP contribution in [0, 0.1) is 6.92 Å². The highest BCUT2D eigenvalue weighted by Crippen LogP contribution is 2.30. The van der Waals surface area contributed by atoms with E-state index in [-0.39, 0.29) is 24.1 Å². The first-order valence-electron chi connectivity index (χ1n) is 11.1. The Morgan fingerprint density at radius 1 is 1.26 bits per heavy atom. The number of aryl methyl sites for hydroxylation is 2. The summed E-state index contributed by atoms with van der Waals surface area (Å²) < 4.78 is 1.83. The van der Waals surface area contributed by atoms with Crippen LogP contribution in [0.25, 0.3) is 11.0 Å². The molecular formula is C24H31N5O2. The summed E-state index contributed by atoms with van der Waals surface area (Å²) in [5.74, 6) is -0.175. The van der Waals surface area contributed by atoms with Gasteiger partial charge in [0.05, 0.1) is 35.0 Å². The Hall–Kier alpha value is -2.93. The topological polar surface area (TPSA) is 92.1 Å². The molecular weight excluding hydrogens is 390 g/mol. The van der Waals surface area contributed by atoms with E-state index in [9.17, 15) is 9.90 Å². The van der Waals surface area contributed by atoms with Gasteiger partial charge in [0, 0.05) is 18.8 Å². The molecule has 7 nitrogen and oxygen atoms in total. The Labute approximate surface area is 182 Å². The van der Waals surface area contributed by atoms with Crippen LogP contribution in [-0.2, 0) is 6.54 Å². The lowest BCUT2D eigenvalue weighted by Crippen LogP contribution is -2.32. The lowest BCUT2D eigenvalue weighted by Gasteiger charge is -2.28. The quantitative estimate of drug-likeness (QED) is 0.560. The fourth-order valence-corrected chi connectivity index (χ4v) is 4.30. The van der Waals surface area contributed by atoms with Crippen LogP contribution in [0.3, 0.4) is 0 Å². The van der Waals surface area contributed by atoms with Crippen LogP contribution in [0.5, 0.6) is 0 Å². The molecule has 1 aromatic carbocycles. The summed E-state index contributed by atoms with van der Waals surface area (Å²) in [4.78, 5) is 17.8. The first kappa shape index (κ1) is 21.3. The van der Waals surface area contributed by atoms with Crippen LogP contribution in [0.4, 0.5) is 5.69 Å². The second-order valence-corrected chi connectivity index (χ2v) is 8.51. The lowest BCUT2D eigenvalue weighted by atomic mass is 9.92. The van der Waals surface area contributed by atoms with E-state index in [1.165, 1.54) is 5.56 Å². The molecule has 0 unspecified atom stereocenters. The first-order valence-corrected chi connectivity index (χ1v) is 11.1. The van der Waals surface area contributed by atoms with Gasteiger partial charge in [0.2, 0.25) is 0 Å². The number of aromatic nitrogens is 3. The highest BCUT2D eigenvalue weighted by molar-refractivity contribution is 6.06. The number of pyridine rings is 1. The van der Waals surface area contributed by atoms with E-state index in [0.29, 0.717) is 18.5 Å². The van der Waals surface area contributed by atoms with Crippen molar-refractivity contribution < 1.29 is 9.90 Å². The molecule has 0 aliphatic heterocycles. The number of carbonyl (C=O) groups is 1. The Morgan fingerprint density at radius 2 is 2.03 bits per heavy atom. The maximum absolute atomic E-state index is 13.3. The summed E-state index contributed by atoms with van der Waals surface area (Å²) >= 11 is 0. The van der Waals surface area contributed by atoms with Crippen LogP contribution in [0.15, 0.2) is 36.7 Å². The van der Waals surface area contributed by atoms with Gasteiger partial charge in [-0.3, -0.25) is 4.79 Å². The van der Waals surface area contributed by atoms with Gasteiger partial charge in [-0.05, 0) is 52.0 Å². The molecule has 3 aromatic rings. The van der Waals surface area contributed by atoms with E-state index in [0.717, 1.165) is 41.5 Å². The van der Waals surface area contributed by atoms with Gasteiger partial charge in [-0.25, -0.2) is 9.67 Å². The van der Waals surface area contributed by atoms with Gasteiger partial charge < -0.3 is 15.7 Å². The molecule has 1 saturated carbocycles. The van der Waals surface area contributed by atoms with E-state index < -0.39 is 0 Å². The third-order valence-electron chi connectivity index (χ3n) is 6.13. The molecule has 3 atom stereocenters. The Balaban J connectivity index is 1.65. The summed E-state index contributed by atoms with van der Waals surface area (Å²) in [7, 11) is 0. The Morgan fingerprint density at radius 3 is 2.74 bits per heavy atom. The van der Waals surface area contributed by atoms with Crippen molar-refractivity contribution in [3.05, 3.63) is 53.3 Å². The molecule has 0 radical (unpaired) electrons. The first-order chi connectivity index (χ1) is 15.0. The molecule has 0 saturated heterocycles. The van der Waals surface area contributed by atoms with Crippen molar-refractivity contribution in [2.24, 2.45) is 0 Å². The van der Waals surface area contributed by atoms with Crippen molar-refractivity contribution in [1.82, 2.24) is 20.1 Å². The number of hydrogen-bond acceptors (Lipinski definition) is 5. The normalized spacial score (nSPS) is 19.9. The maximum atomic E-state index is 13.3. The minimum Gasteiger partial charge on any atom is -0.393 e. The van der Waals surface area contributed by atoms with Crippen molar-refractivity contribution in [1.29, 1.82) is 0 Å². The summed E-state index contributed by atoms with van der Waals surface area (Å²) in [6, 6.07) is 8.15. The number of anilines is 1. The fraction of sp³-hybridized carbons (Fsp3) is 0.458. The molecule has 4 rings (SSSR count). The zero-order chi connectivity index (χ0) is 22.0. The van der Waals surface area contributed by atoms with E-state index in [4.69, 9.17) is 0 Å².